The highest BCUT2D eigenvalue weighted by atomic mass is 35.5. The van der Waals surface area contributed by atoms with E-state index in [0.717, 1.165) is 6.42 Å². The zero-order valence-corrected chi connectivity index (χ0v) is 12.4. The largest absolute Gasteiger partial charge is 0.481 e. The highest BCUT2D eigenvalue weighted by Gasteiger charge is 2.39. The van der Waals surface area contributed by atoms with Gasteiger partial charge in [-0.2, -0.15) is 0 Å². The average molecular weight is 313 g/mol. The molecule has 2 atom stereocenters. The summed E-state index contributed by atoms with van der Waals surface area (Å²) in [6, 6.07) is 2.60. The molecule has 1 fully saturated rings. The summed E-state index contributed by atoms with van der Waals surface area (Å²) in [6.45, 7) is 2.77. The first-order valence-corrected chi connectivity index (χ1v) is 7.15. The van der Waals surface area contributed by atoms with Gasteiger partial charge in [0.15, 0.2) is 0 Å². The first-order chi connectivity index (χ1) is 10.0. The van der Waals surface area contributed by atoms with Crippen LogP contribution in [0.3, 0.4) is 0 Å². The summed E-state index contributed by atoms with van der Waals surface area (Å²) in [5.41, 5.74) is 0.402. The number of amides is 1. The minimum absolute atomic E-state index is 0.130. The Kier molecular flexibility index (Phi) is 5.14. The SMILES string of the molecule is CCCN(C(=O)c1ccnc(Cl)c1)C1COCC1C(=O)O. The Labute approximate surface area is 127 Å². The van der Waals surface area contributed by atoms with Crippen molar-refractivity contribution in [1.29, 1.82) is 0 Å². The standard InChI is InChI=1S/C14H17ClN2O4/c1-2-5-17(11-8-21-7-10(11)14(19)20)13(18)9-3-4-16-12(15)6-9/h3-4,6,10-11H,2,5,7-8H2,1H3,(H,19,20). The fourth-order valence-electron chi connectivity index (χ4n) is 2.45. The lowest BCUT2D eigenvalue weighted by Crippen LogP contribution is -2.47. The second kappa shape index (κ2) is 6.87. The minimum Gasteiger partial charge on any atom is -0.481 e. The average Bonchev–Trinajstić information content (AvgIpc) is 2.93. The number of carboxylic acids is 1. The third-order valence-corrected chi connectivity index (χ3v) is 3.67. The molecule has 2 unspecified atom stereocenters. The lowest BCUT2D eigenvalue weighted by Gasteiger charge is -2.30. The Hall–Kier alpha value is -1.66. The topological polar surface area (TPSA) is 79.7 Å². The number of ether oxygens (including phenoxy) is 1. The summed E-state index contributed by atoms with van der Waals surface area (Å²) >= 11 is 5.81. The van der Waals surface area contributed by atoms with E-state index in [9.17, 15) is 14.7 Å². The predicted octanol–water partition coefficient (Wildman–Crippen LogP) is 1.69. The molecule has 7 heteroatoms. The van der Waals surface area contributed by atoms with Crippen LogP contribution in [0.4, 0.5) is 0 Å². The van der Waals surface area contributed by atoms with Gasteiger partial charge in [-0.25, -0.2) is 4.98 Å². The van der Waals surface area contributed by atoms with Crippen molar-refractivity contribution in [2.75, 3.05) is 19.8 Å². The lowest BCUT2D eigenvalue weighted by molar-refractivity contribution is -0.142. The molecule has 1 aliphatic heterocycles. The van der Waals surface area contributed by atoms with Crippen LogP contribution in [0.5, 0.6) is 0 Å². The summed E-state index contributed by atoms with van der Waals surface area (Å²) in [4.78, 5) is 29.3. The monoisotopic (exact) mass is 312 g/mol. The number of nitrogens with zero attached hydrogens (tertiary/aromatic N) is 2. The van der Waals surface area contributed by atoms with Crippen molar-refractivity contribution in [3.8, 4) is 0 Å². The lowest BCUT2D eigenvalue weighted by atomic mass is 10.0. The molecular formula is C14H17ClN2O4. The van der Waals surface area contributed by atoms with Gasteiger partial charge < -0.3 is 14.7 Å². The number of carboxylic acid groups (broad SMARTS) is 1. The van der Waals surface area contributed by atoms with Gasteiger partial charge >= 0.3 is 5.97 Å². The Morgan fingerprint density at radius 2 is 2.29 bits per heavy atom. The molecule has 114 valence electrons. The zero-order chi connectivity index (χ0) is 15.4. The van der Waals surface area contributed by atoms with Crippen LogP contribution in [0.25, 0.3) is 0 Å². The second-order valence-corrected chi connectivity index (χ2v) is 5.30. The van der Waals surface area contributed by atoms with E-state index in [1.807, 2.05) is 6.92 Å². The highest BCUT2D eigenvalue weighted by molar-refractivity contribution is 6.29. The van der Waals surface area contributed by atoms with E-state index in [1.165, 1.54) is 12.3 Å². The number of hydrogen-bond acceptors (Lipinski definition) is 4. The summed E-state index contributed by atoms with van der Waals surface area (Å²) in [5.74, 6) is -1.89. The van der Waals surface area contributed by atoms with Gasteiger partial charge in [0.25, 0.3) is 5.91 Å². The van der Waals surface area contributed by atoms with E-state index in [1.54, 1.807) is 11.0 Å². The summed E-state index contributed by atoms with van der Waals surface area (Å²) < 4.78 is 5.25. The second-order valence-electron chi connectivity index (χ2n) is 4.92. The molecule has 0 saturated carbocycles. The third-order valence-electron chi connectivity index (χ3n) is 3.47. The van der Waals surface area contributed by atoms with Crippen molar-refractivity contribution in [2.24, 2.45) is 5.92 Å². The van der Waals surface area contributed by atoms with Crippen molar-refractivity contribution < 1.29 is 19.4 Å². The maximum atomic E-state index is 12.6. The van der Waals surface area contributed by atoms with E-state index >= 15 is 0 Å². The molecule has 0 spiro atoms. The number of pyridine rings is 1. The van der Waals surface area contributed by atoms with E-state index in [2.05, 4.69) is 4.98 Å². The maximum Gasteiger partial charge on any atom is 0.311 e. The molecule has 1 saturated heterocycles. The van der Waals surface area contributed by atoms with Crippen molar-refractivity contribution in [3.63, 3.8) is 0 Å². The van der Waals surface area contributed by atoms with Crippen LogP contribution in [0.2, 0.25) is 5.15 Å². The first-order valence-electron chi connectivity index (χ1n) is 6.77. The molecule has 0 radical (unpaired) electrons. The van der Waals surface area contributed by atoms with Crippen molar-refractivity contribution in [1.82, 2.24) is 9.88 Å². The van der Waals surface area contributed by atoms with Gasteiger partial charge in [0.2, 0.25) is 0 Å². The van der Waals surface area contributed by atoms with E-state index in [4.69, 9.17) is 16.3 Å². The van der Waals surface area contributed by atoms with Gasteiger partial charge in [0, 0.05) is 18.3 Å². The number of halogens is 1. The minimum atomic E-state index is -0.945. The summed E-state index contributed by atoms with van der Waals surface area (Å²) in [6.07, 6.45) is 2.19. The zero-order valence-electron chi connectivity index (χ0n) is 11.7. The Balaban J connectivity index is 2.26. The van der Waals surface area contributed by atoms with Gasteiger partial charge in [-0.15, -0.1) is 0 Å². The van der Waals surface area contributed by atoms with Gasteiger partial charge in [-0.1, -0.05) is 18.5 Å². The fraction of sp³-hybridized carbons (Fsp3) is 0.500. The summed E-state index contributed by atoms with van der Waals surface area (Å²) in [7, 11) is 0. The van der Waals surface area contributed by atoms with Crippen LogP contribution in [-0.2, 0) is 9.53 Å². The molecular weight excluding hydrogens is 296 g/mol. The van der Waals surface area contributed by atoms with E-state index in [0.29, 0.717) is 12.1 Å². The molecule has 1 aromatic heterocycles. The molecule has 1 aromatic rings. The molecule has 6 nitrogen and oxygen atoms in total. The molecule has 0 aliphatic carbocycles. The normalized spacial score (nSPS) is 21.2. The van der Waals surface area contributed by atoms with Crippen molar-refractivity contribution in [3.05, 3.63) is 29.0 Å². The van der Waals surface area contributed by atoms with Crippen molar-refractivity contribution >= 4 is 23.5 Å². The molecule has 2 rings (SSSR count). The van der Waals surface area contributed by atoms with Crippen molar-refractivity contribution in [2.45, 2.75) is 19.4 Å². The number of aliphatic carboxylic acids is 1. The van der Waals surface area contributed by atoms with Crippen LogP contribution in [0.1, 0.15) is 23.7 Å². The fourth-order valence-corrected chi connectivity index (χ4v) is 2.62. The number of aromatic nitrogens is 1. The van der Waals surface area contributed by atoms with Crippen LogP contribution >= 0.6 is 11.6 Å². The molecule has 1 aliphatic rings. The molecule has 0 bridgehead atoms. The highest BCUT2D eigenvalue weighted by Crippen LogP contribution is 2.23. The quantitative estimate of drug-likeness (QED) is 0.837. The predicted molar refractivity (Wildman–Crippen MR) is 76.3 cm³/mol. The Morgan fingerprint density at radius 3 is 2.90 bits per heavy atom. The summed E-state index contributed by atoms with van der Waals surface area (Å²) in [5, 5.41) is 9.48. The Bertz CT molecular complexity index is 537. The van der Waals surface area contributed by atoms with Gasteiger partial charge in [0.05, 0.1) is 19.3 Å². The van der Waals surface area contributed by atoms with E-state index < -0.39 is 17.9 Å². The van der Waals surface area contributed by atoms with Crippen LogP contribution in [-0.4, -0.2) is 52.7 Å². The number of hydrogen-bond donors (Lipinski definition) is 1. The number of carbonyl (C=O) groups excluding carboxylic acids is 1. The van der Waals surface area contributed by atoms with Crippen LogP contribution in [0.15, 0.2) is 18.3 Å². The van der Waals surface area contributed by atoms with Gasteiger partial charge in [0.1, 0.15) is 11.1 Å². The molecule has 1 N–H and O–H groups in total. The maximum absolute atomic E-state index is 12.6. The molecule has 2 heterocycles. The van der Waals surface area contributed by atoms with E-state index in [-0.39, 0.29) is 24.3 Å². The number of carbonyl (C=O) groups is 2. The smallest absolute Gasteiger partial charge is 0.311 e. The first kappa shape index (κ1) is 15.7. The van der Waals surface area contributed by atoms with Crippen LogP contribution < -0.4 is 0 Å². The number of rotatable bonds is 5. The van der Waals surface area contributed by atoms with Gasteiger partial charge in [-0.3, -0.25) is 9.59 Å². The third kappa shape index (κ3) is 3.51. The molecule has 21 heavy (non-hydrogen) atoms. The van der Waals surface area contributed by atoms with Gasteiger partial charge in [-0.05, 0) is 18.6 Å². The Morgan fingerprint density at radius 1 is 1.52 bits per heavy atom. The molecule has 1 amide bonds. The van der Waals surface area contributed by atoms with Crippen LogP contribution in [0, 0.1) is 5.92 Å². The molecule has 0 aromatic carbocycles.